The molecule has 12 aromatic rings. The van der Waals surface area contributed by atoms with Crippen LogP contribution < -0.4 is 11.5 Å². The largest absolute Gasteiger partial charge is 0.369 e. The van der Waals surface area contributed by atoms with E-state index in [4.69, 9.17) is 27.3 Å². The number of nitrogen functional groups attached to an aromatic ring is 2. The van der Waals surface area contributed by atoms with Crippen molar-refractivity contribution in [2.24, 2.45) is 0 Å². The van der Waals surface area contributed by atoms with E-state index in [1.807, 2.05) is 143 Å². The van der Waals surface area contributed by atoms with Crippen LogP contribution in [0.3, 0.4) is 0 Å². The molecule has 0 aliphatic rings. The van der Waals surface area contributed by atoms with Crippen LogP contribution in [0, 0.1) is 34.0 Å². The van der Waals surface area contributed by atoms with Gasteiger partial charge in [0.05, 0.1) is 66.7 Å². The van der Waals surface area contributed by atoms with Gasteiger partial charge in [0, 0.05) is 49.1 Å². The number of nitriles is 3. The normalized spacial score (nSPS) is 10.6. The first kappa shape index (κ1) is 58.9. The van der Waals surface area contributed by atoms with Crippen molar-refractivity contribution in [3.63, 3.8) is 0 Å². The fraction of sp³-hybridized carbons (Fsp3) is 0.132. The molecule has 0 amide bonds. The Morgan fingerprint density at radius 1 is 0.379 bits per heavy atom. The molecule has 0 aliphatic carbocycles. The van der Waals surface area contributed by atoms with Gasteiger partial charge in [0.25, 0.3) is 0 Å². The lowest BCUT2D eigenvalue weighted by molar-refractivity contribution is 0.730. The molecule has 0 aliphatic heterocycles. The second kappa shape index (κ2) is 29.3. The molecule has 87 heavy (non-hydrogen) atoms. The number of benzene rings is 9. The van der Waals surface area contributed by atoms with Crippen molar-refractivity contribution in [2.75, 3.05) is 11.5 Å². The van der Waals surface area contributed by atoms with Gasteiger partial charge in [-0.3, -0.25) is 0 Å². The predicted molar refractivity (Wildman–Crippen MR) is 349 cm³/mol. The number of aryl methyl sites for hydroxylation is 1. The Labute approximate surface area is 510 Å². The molecule has 0 saturated carbocycles. The van der Waals surface area contributed by atoms with Crippen molar-refractivity contribution in [1.29, 1.82) is 15.8 Å². The van der Waals surface area contributed by atoms with E-state index >= 15 is 0 Å². The number of unbranched alkanes of at least 4 members (excludes halogenated alkanes) is 1. The molecule has 0 saturated heterocycles. The SMILES string of the molecule is CCCCc1cc(-c2ccccc2)ccc1Cn1cncc1Cc1ccc(C#N)cc1.N#Cc1ccc(Cc2cnc(N)n2Cc2ccc(-c3ccccc3)cc2)cc1.N#Cc1ccc(Cn2c(Cc3ccc(-c4ccccc4)cc3)cnc2N)cc1. The van der Waals surface area contributed by atoms with E-state index in [-0.39, 0.29) is 0 Å². The lowest BCUT2D eigenvalue weighted by atomic mass is 9.96. The fourth-order valence-electron chi connectivity index (χ4n) is 10.5. The van der Waals surface area contributed by atoms with Crippen LogP contribution in [0.25, 0.3) is 33.4 Å². The highest BCUT2D eigenvalue weighted by atomic mass is 15.2. The van der Waals surface area contributed by atoms with Crippen LogP contribution in [0.1, 0.15) is 92.5 Å². The van der Waals surface area contributed by atoms with Gasteiger partial charge in [-0.15, -0.1) is 0 Å². The quantitative estimate of drug-likeness (QED) is 0.0853. The van der Waals surface area contributed by atoms with E-state index < -0.39 is 0 Å². The van der Waals surface area contributed by atoms with Crippen LogP contribution in [-0.4, -0.2) is 28.7 Å². The summed E-state index contributed by atoms with van der Waals surface area (Å²) in [5.74, 6) is 1.01. The monoisotopic (exact) mass is 1130 g/mol. The minimum atomic E-state index is 0.500. The van der Waals surface area contributed by atoms with Gasteiger partial charge in [-0.1, -0.05) is 207 Å². The van der Waals surface area contributed by atoms with Crippen molar-refractivity contribution in [2.45, 2.75) is 65.1 Å². The Kier molecular flexibility index (Phi) is 19.8. The van der Waals surface area contributed by atoms with Crippen LogP contribution >= 0.6 is 0 Å². The maximum Gasteiger partial charge on any atom is 0.200 e. The average molecular weight is 1130 g/mol. The van der Waals surface area contributed by atoms with Crippen molar-refractivity contribution in [3.8, 4) is 51.6 Å². The number of nitrogens with zero attached hydrogens (tertiary/aromatic N) is 9. The van der Waals surface area contributed by atoms with Gasteiger partial charge < -0.3 is 25.2 Å². The van der Waals surface area contributed by atoms with E-state index in [0.29, 0.717) is 41.7 Å². The maximum atomic E-state index is 9.01. The number of hydrogen-bond acceptors (Lipinski definition) is 8. The summed E-state index contributed by atoms with van der Waals surface area (Å²) in [4.78, 5) is 13.0. The van der Waals surface area contributed by atoms with E-state index in [9.17, 15) is 0 Å². The highest BCUT2D eigenvalue weighted by Crippen LogP contribution is 2.27. The summed E-state index contributed by atoms with van der Waals surface area (Å²) in [6.07, 6.45) is 13.3. The molecule has 0 fully saturated rings. The fourth-order valence-corrected chi connectivity index (χ4v) is 10.5. The second-order valence-electron chi connectivity index (χ2n) is 21.4. The number of aromatic nitrogens is 6. The lowest BCUT2D eigenvalue weighted by Gasteiger charge is -2.15. The summed E-state index contributed by atoms with van der Waals surface area (Å²) in [5.41, 5.74) is 33.4. The molecule has 0 bridgehead atoms. The summed E-state index contributed by atoms with van der Waals surface area (Å²) in [6.45, 7) is 4.37. The third-order valence-electron chi connectivity index (χ3n) is 15.4. The Morgan fingerprint density at radius 3 is 1.17 bits per heavy atom. The van der Waals surface area contributed by atoms with Crippen LogP contribution in [-0.2, 0) is 45.3 Å². The van der Waals surface area contributed by atoms with Crippen LogP contribution in [0.5, 0.6) is 0 Å². The molecule has 0 radical (unpaired) electrons. The molecular weight excluding hydrogens is 1070 g/mol. The molecule has 0 unspecified atom stereocenters. The number of rotatable bonds is 18. The van der Waals surface area contributed by atoms with Gasteiger partial charge >= 0.3 is 0 Å². The van der Waals surface area contributed by atoms with Gasteiger partial charge in [-0.05, 0) is 122 Å². The molecule has 11 heteroatoms. The Morgan fingerprint density at radius 2 is 0.747 bits per heavy atom. The van der Waals surface area contributed by atoms with E-state index in [0.717, 1.165) is 54.7 Å². The summed E-state index contributed by atoms with van der Waals surface area (Å²) in [6, 6.07) is 84.7. The predicted octanol–water partition coefficient (Wildman–Crippen LogP) is 15.7. The summed E-state index contributed by atoms with van der Waals surface area (Å²) in [5, 5.41) is 26.9. The molecule has 12 rings (SSSR count). The molecule has 426 valence electrons. The smallest absolute Gasteiger partial charge is 0.200 e. The molecule has 0 atom stereocenters. The minimum absolute atomic E-state index is 0.500. The molecule has 11 nitrogen and oxygen atoms in total. The molecule has 3 heterocycles. The first-order chi connectivity index (χ1) is 42.7. The molecule has 9 aromatic carbocycles. The molecule has 0 spiro atoms. The molecule has 3 aromatic heterocycles. The van der Waals surface area contributed by atoms with E-state index in [1.54, 1.807) is 0 Å². The Hall–Kier alpha value is -11.3. The second-order valence-corrected chi connectivity index (χ2v) is 21.4. The number of nitrogens with two attached hydrogens (primary N) is 2. The summed E-state index contributed by atoms with van der Waals surface area (Å²) in [7, 11) is 0. The van der Waals surface area contributed by atoms with Gasteiger partial charge in [0.1, 0.15) is 0 Å². The summed E-state index contributed by atoms with van der Waals surface area (Å²) < 4.78 is 6.30. The highest BCUT2D eigenvalue weighted by Gasteiger charge is 2.14. The standard InChI is InChI=1S/C28H27N3.2C24H20N4/c1-2-3-7-25-17-26(24-8-5-4-6-9-24)14-15-27(25)20-31-21-30-19-28(31)16-22-10-12-23(18-29)13-11-22;25-15-19-6-8-20(9-7-19)17-28-23(16-27-24(28)26)14-18-10-12-22(13-11-18)21-4-2-1-3-5-21;25-15-19-8-6-18(7-9-19)14-23-16-27-24(26)28(23)17-20-10-12-22(13-11-20)21-4-2-1-3-5-21/h4-6,8-15,17,19,21H,2-3,7,16,20H2,1H3;2*1-13,16H,14,17H2,(H2,26,27). The van der Waals surface area contributed by atoms with Crippen molar-refractivity contribution >= 4 is 11.9 Å². The zero-order chi connectivity index (χ0) is 60.2. The molecule has 4 N–H and O–H groups in total. The third kappa shape index (κ3) is 15.9. The number of hydrogen-bond donors (Lipinski definition) is 2. The third-order valence-corrected chi connectivity index (χ3v) is 15.4. The average Bonchev–Trinajstić information content (AvgIpc) is 3.99. The Bertz CT molecular complexity index is 4260. The topological polar surface area (TPSA) is 177 Å². The lowest BCUT2D eigenvalue weighted by Crippen LogP contribution is -2.08. The highest BCUT2D eigenvalue weighted by molar-refractivity contribution is 5.66. The van der Waals surface area contributed by atoms with E-state index in [2.05, 4.69) is 166 Å². The van der Waals surface area contributed by atoms with Crippen molar-refractivity contribution < 1.29 is 0 Å². The zero-order valence-electron chi connectivity index (χ0n) is 48.8. The van der Waals surface area contributed by atoms with Crippen LogP contribution in [0.4, 0.5) is 11.9 Å². The first-order valence-corrected chi connectivity index (χ1v) is 29.2. The van der Waals surface area contributed by atoms with Crippen LogP contribution in [0.2, 0.25) is 0 Å². The number of anilines is 2. The van der Waals surface area contributed by atoms with Gasteiger partial charge in [-0.25, -0.2) is 15.0 Å². The van der Waals surface area contributed by atoms with Crippen LogP contribution in [0.15, 0.2) is 255 Å². The van der Waals surface area contributed by atoms with Gasteiger partial charge in [0.15, 0.2) is 0 Å². The maximum absolute atomic E-state index is 9.01. The molecular formula is C76H67N11. The van der Waals surface area contributed by atoms with Crippen molar-refractivity contribution in [1.82, 2.24) is 28.7 Å². The summed E-state index contributed by atoms with van der Waals surface area (Å²) >= 11 is 0. The Balaban J connectivity index is 0.000000145. The van der Waals surface area contributed by atoms with E-state index in [1.165, 1.54) is 79.7 Å². The number of imidazole rings is 3. The first-order valence-electron chi connectivity index (χ1n) is 29.2. The minimum Gasteiger partial charge on any atom is -0.369 e. The van der Waals surface area contributed by atoms with Crippen molar-refractivity contribution in [3.05, 3.63) is 328 Å². The van der Waals surface area contributed by atoms with Gasteiger partial charge in [-0.2, -0.15) is 15.8 Å². The zero-order valence-corrected chi connectivity index (χ0v) is 48.8. The van der Waals surface area contributed by atoms with Gasteiger partial charge in [0.2, 0.25) is 11.9 Å².